The van der Waals surface area contributed by atoms with Crippen LogP contribution in [0.4, 0.5) is 5.95 Å². The lowest BCUT2D eigenvalue weighted by Gasteiger charge is -2.14. The third-order valence-electron chi connectivity index (χ3n) is 4.45. The number of nitrogens with zero attached hydrogens (tertiary/aromatic N) is 5. The molecule has 126 valence electrons. The monoisotopic (exact) mass is 398 g/mol. The van der Waals surface area contributed by atoms with E-state index >= 15 is 0 Å². The Morgan fingerprint density at radius 3 is 3.00 bits per heavy atom. The lowest BCUT2D eigenvalue weighted by molar-refractivity contribution is 0.752. The van der Waals surface area contributed by atoms with Gasteiger partial charge in [0.05, 0.1) is 17.7 Å². The zero-order valence-electron chi connectivity index (χ0n) is 13.5. The van der Waals surface area contributed by atoms with Gasteiger partial charge in [-0.3, -0.25) is 9.78 Å². The molecule has 0 aliphatic carbocycles. The van der Waals surface area contributed by atoms with Gasteiger partial charge in [0.25, 0.3) is 5.56 Å². The summed E-state index contributed by atoms with van der Waals surface area (Å²) in [5.41, 5.74) is 2.12. The van der Waals surface area contributed by atoms with Crippen LogP contribution in [0.3, 0.4) is 0 Å². The van der Waals surface area contributed by atoms with Crippen molar-refractivity contribution in [3.05, 3.63) is 44.8 Å². The number of aromatic nitrogens is 4. The molecule has 1 aliphatic rings. The van der Waals surface area contributed by atoms with Gasteiger partial charge in [-0.25, -0.2) is 4.68 Å². The first-order chi connectivity index (χ1) is 12.0. The summed E-state index contributed by atoms with van der Waals surface area (Å²) in [5.74, 6) is 0.456. The Balaban J connectivity index is 1.77. The van der Waals surface area contributed by atoms with Crippen molar-refractivity contribution in [1.29, 1.82) is 5.26 Å². The fourth-order valence-corrected chi connectivity index (χ4v) is 3.59. The van der Waals surface area contributed by atoms with Crippen LogP contribution in [0.2, 0.25) is 0 Å². The van der Waals surface area contributed by atoms with Gasteiger partial charge in [-0.15, -0.1) is 5.10 Å². The highest BCUT2D eigenvalue weighted by Gasteiger charge is 2.24. The summed E-state index contributed by atoms with van der Waals surface area (Å²) in [4.78, 5) is 21.7. The van der Waals surface area contributed by atoms with Crippen molar-refractivity contribution in [2.24, 2.45) is 5.92 Å². The van der Waals surface area contributed by atoms with Gasteiger partial charge in [-0.2, -0.15) is 10.2 Å². The van der Waals surface area contributed by atoms with Crippen LogP contribution < -0.4 is 10.5 Å². The maximum atomic E-state index is 12.4. The van der Waals surface area contributed by atoms with E-state index in [1.54, 1.807) is 10.9 Å². The molecule has 7 nitrogen and oxygen atoms in total. The summed E-state index contributed by atoms with van der Waals surface area (Å²) >= 11 is 3.45. The second-order valence-electron chi connectivity index (χ2n) is 6.19. The summed E-state index contributed by atoms with van der Waals surface area (Å²) in [6.45, 7) is 3.28. The third kappa shape index (κ3) is 2.81. The number of aryl methyl sites for hydroxylation is 1. The van der Waals surface area contributed by atoms with Gasteiger partial charge in [-0.05, 0) is 37.1 Å². The first-order valence-corrected chi connectivity index (χ1v) is 8.75. The number of benzene rings is 1. The zero-order valence-corrected chi connectivity index (χ0v) is 15.1. The lowest BCUT2D eigenvalue weighted by atomic mass is 10.1. The standard InChI is InChI=1S/C17H15BrN6O/c1-10-6-12(18)2-3-14(10)24-9-13-15(22-24)20-17(21-16(13)25)23-5-4-11(7-19)8-23/h2-3,6,9,11H,4-5,8H2,1H3,(H,20,21,22,25). The Morgan fingerprint density at radius 1 is 1.44 bits per heavy atom. The van der Waals surface area contributed by atoms with E-state index in [2.05, 4.69) is 37.1 Å². The lowest BCUT2D eigenvalue weighted by Crippen LogP contribution is -2.24. The molecule has 4 rings (SSSR count). The molecule has 1 atom stereocenters. The molecule has 1 unspecified atom stereocenters. The zero-order chi connectivity index (χ0) is 17.6. The van der Waals surface area contributed by atoms with E-state index in [9.17, 15) is 4.79 Å². The molecule has 1 aromatic carbocycles. The van der Waals surface area contributed by atoms with Gasteiger partial charge in [0.15, 0.2) is 5.65 Å². The van der Waals surface area contributed by atoms with Gasteiger partial charge in [0.1, 0.15) is 5.39 Å². The van der Waals surface area contributed by atoms with Crippen molar-refractivity contribution in [2.45, 2.75) is 13.3 Å². The molecule has 3 heterocycles. The predicted octanol–water partition coefficient (Wildman–Crippen LogP) is 2.53. The van der Waals surface area contributed by atoms with Gasteiger partial charge >= 0.3 is 0 Å². The van der Waals surface area contributed by atoms with E-state index in [1.807, 2.05) is 30.0 Å². The molecular formula is C17H15BrN6O. The smallest absolute Gasteiger partial charge is 0.263 e. The van der Waals surface area contributed by atoms with Gasteiger partial charge in [0, 0.05) is 23.8 Å². The van der Waals surface area contributed by atoms with Crippen LogP contribution in [-0.4, -0.2) is 32.8 Å². The number of anilines is 1. The number of fused-ring (bicyclic) bond motifs is 1. The van der Waals surface area contributed by atoms with Crippen molar-refractivity contribution in [1.82, 2.24) is 19.7 Å². The van der Waals surface area contributed by atoms with Crippen LogP contribution in [-0.2, 0) is 0 Å². The second-order valence-corrected chi connectivity index (χ2v) is 7.11. The number of rotatable bonds is 2. The highest BCUT2D eigenvalue weighted by molar-refractivity contribution is 9.10. The number of nitrogens with one attached hydrogen (secondary N) is 1. The molecule has 3 aromatic rings. The van der Waals surface area contributed by atoms with Crippen LogP contribution >= 0.6 is 15.9 Å². The van der Waals surface area contributed by atoms with Gasteiger partial charge in [-0.1, -0.05) is 15.9 Å². The Morgan fingerprint density at radius 2 is 2.28 bits per heavy atom. The largest absolute Gasteiger partial charge is 0.341 e. The minimum atomic E-state index is -0.221. The molecule has 1 N–H and O–H groups in total. The summed E-state index contributed by atoms with van der Waals surface area (Å²) in [5, 5.41) is 14.0. The van der Waals surface area contributed by atoms with E-state index in [4.69, 9.17) is 5.26 Å². The van der Waals surface area contributed by atoms with Gasteiger partial charge < -0.3 is 4.90 Å². The molecule has 0 bridgehead atoms. The number of halogens is 1. The van der Waals surface area contributed by atoms with Crippen molar-refractivity contribution in [3.63, 3.8) is 0 Å². The summed E-state index contributed by atoms with van der Waals surface area (Å²) < 4.78 is 2.67. The first kappa shape index (κ1) is 15.8. The Hall–Kier alpha value is -2.66. The molecule has 2 aromatic heterocycles. The number of hydrogen-bond donors (Lipinski definition) is 1. The van der Waals surface area contributed by atoms with E-state index < -0.39 is 0 Å². The van der Waals surface area contributed by atoms with E-state index in [-0.39, 0.29) is 11.5 Å². The van der Waals surface area contributed by atoms with Crippen molar-refractivity contribution in [3.8, 4) is 11.8 Å². The minimum absolute atomic E-state index is 0.0241. The van der Waals surface area contributed by atoms with E-state index in [1.165, 1.54) is 0 Å². The van der Waals surface area contributed by atoms with Crippen LogP contribution in [0, 0.1) is 24.2 Å². The third-order valence-corrected chi connectivity index (χ3v) is 4.95. The molecule has 0 spiro atoms. The molecule has 8 heteroatoms. The Labute approximate surface area is 152 Å². The van der Waals surface area contributed by atoms with E-state index in [0.29, 0.717) is 30.1 Å². The Bertz CT molecular complexity index is 1060. The highest BCUT2D eigenvalue weighted by atomic mass is 79.9. The molecular weight excluding hydrogens is 384 g/mol. The normalized spacial score (nSPS) is 17.2. The van der Waals surface area contributed by atoms with Crippen LogP contribution in [0.15, 0.2) is 33.7 Å². The summed E-state index contributed by atoms with van der Waals surface area (Å²) in [6, 6.07) is 8.14. The maximum absolute atomic E-state index is 12.4. The molecule has 0 amide bonds. The molecule has 1 saturated heterocycles. The fraction of sp³-hybridized carbons (Fsp3) is 0.294. The van der Waals surface area contributed by atoms with Gasteiger partial charge in [0.2, 0.25) is 5.95 Å². The SMILES string of the molecule is Cc1cc(Br)ccc1-n1cc2c(=O)[nH]c(N3CCC(C#N)C3)nc2n1. The van der Waals surface area contributed by atoms with Crippen LogP contribution in [0.5, 0.6) is 0 Å². The molecule has 25 heavy (non-hydrogen) atoms. The number of nitriles is 1. The number of hydrogen-bond acceptors (Lipinski definition) is 5. The molecule has 1 aliphatic heterocycles. The van der Waals surface area contributed by atoms with Crippen LogP contribution in [0.1, 0.15) is 12.0 Å². The van der Waals surface area contributed by atoms with Crippen molar-refractivity contribution >= 4 is 32.9 Å². The number of H-pyrrole nitrogens is 1. The fourth-order valence-electron chi connectivity index (χ4n) is 3.11. The average Bonchev–Trinajstić information content (AvgIpc) is 3.21. The second kappa shape index (κ2) is 6.01. The molecule has 1 fully saturated rings. The predicted molar refractivity (Wildman–Crippen MR) is 97.9 cm³/mol. The topological polar surface area (TPSA) is 90.6 Å². The highest BCUT2D eigenvalue weighted by Crippen LogP contribution is 2.22. The minimum Gasteiger partial charge on any atom is -0.341 e. The quantitative estimate of drug-likeness (QED) is 0.715. The summed E-state index contributed by atoms with van der Waals surface area (Å²) in [6.07, 6.45) is 2.48. The molecule has 0 saturated carbocycles. The van der Waals surface area contributed by atoms with Crippen molar-refractivity contribution < 1.29 is 0 Å². The van der Waals surface area contributed by atoms with E-state index in [0.717, 1.165) is 22.1 Å². The van der Waals surface area contributed by atoms with Crippen LogP contribution in [0.25, 0.3) is 16.7 Å². The molecule has 0 radical (unpaired) electrons. The number of aromatic amines is 1. The summed E-state index contributed by atoms with van der Waals surface area (Å²) in [7, 11) is 0. The Kier molecular flexibility index (Phi) is 3.81. The maximum Gasteiger partial charge on any atom is 0.263 e. The van der Waals surface area contributed by atoms with Crippen molar-refractivity contribution in [2.75, 3.05) is 18.0 Å². The average molecular weight is 399 g/mol. The first-order valence-electron chi connectivity index (χ1n) is 7.96.